The minimum absolute atomic E-state index is 0.0536. The number of amides is 1. The van der Waals surface area contributed by atoms with Crippen molar-refractivity contribution in [1.29, 1.82) is 0 Å². The number of hydrogen-bond donors (Lipinski definition) is 0. The van der Waals surface area contributed by atoms with Gasteiger partial charge in [-0.3, -0.25) is 14.2 Å². The molecule has 0 N–H and O–H groups in total. The van der Waals surface area contributed by atoms with Crippen molar-refractivity contribution in [3.63, 3.8) is 0 Å². The Balaban J connectivity index is 1.32. The first-order valence-electron chi connectivity index (χ1n) is 9.50. The van der Waals surface area contributed by atoms with Gasteiger partial charge in [0.2, 0.25) is 5.91 Å². The van der Waals surface area contributed by atoms with Crippen LogP contribution in [0.4, 0.5) is 0 Å². The molecule has 0 unspecified atom stereocenters. The van der Waals surface area contributed by atoms with Crippen LogP contribution in [0.25, 0.3) is 11.0 Å². The Labute approximate surface area is 167 Å². The number of carbonyl (C=O) groups is 1. The maximum Gasteiger partial charge on any atom is 0.263 e. The summed E-state index contributed by atoms with van der Waals surface area (Å²) in [7, 11) is 0. The summed E-state index contributed by atoms with van der Waals surface area (Å²) in [4.78, 5) is 36.8. The Morgan fingerprint density at radius 3 is 2.64 bits per heavy atom. The highest BCUT2D eigenvalue weighted by Crippen LogP contribution is 2.23. The van der Waals surface area contributed by atoms with Crippen LogP contribution in [0.2, 0.25) is 0 Å². The van der Waals surface area contributed by atoms with Crippen molar-refractivity contribution in [3.8, 4) is 0 Å². The van der Waals surface area contributed by atoms with E-state index in [9.17, 15) is 9.59 Å². The lowest BCUT2D eigenvalue weighted by Gasteiger charge is -2.32. The Hall–Kier alpha value is -2.67. The Kier molecular flexibility index (Phi) is 5.71. The van der Waals surface area contributed by atoms with Gasteiger partial charge in [0.05, 0.1) is 5.39 Å². The minimum atomic E-state index is -0.0536. The number of rotatable bonds is 5. The Morgan fingerprint density at radius 2 is 1.86 bits per heavy atom. The van der Waals surface area contributed by atoms with Crippen LogP contribution in [-0.2, 0) is 4.79 Å². The molecule has 3 heterocycles. The van der Waals surface area contributed by atoms with Crippen LogP contribution < -0.4 is 5.56 Å². The zero-order chi connectivity index (χ0) is 19.3. The predicted molar refractivity (Wildman–Crippen MR) is 110 cm³/mol. The van der Waals surface area contributed by atoms with E-state index >= 15 is 0 Å². The van der Waals surface area contributed by atoms with Crippen LogP contribution >= 0.6 is 11.8 Å². The topological polar surface area (TPSA) is 68.1 Å². The third-order valence-electron chi connectivity index (χ3n) is 5.09. The number of likely N-dealkylation sites (tertiary alicyclic amines) is 1. The monoisotopic (exact) mass is 394 g/mol. The molecular weight excluding hydrogens is 372 g/mol. The van der Waals surface area contributed by atoms with Gasteiger partial charge in [-0.2, -0.15) is 0 Å². The molecule has 7 heteroatoms. The highest BCUT2D eigenvalue weighted by Gasteiger charge is 2.24. The molecule has 4 rings (SSSR count). The molecule has 1 aliphatic rings. The molecule has 28 heavy (non-hydrogen) atoms. The van der Waals surface area contributed by atoms with E-state index in [1.165, 1.54) is 4.90 Å². The smallest absolute Gasteiger partial charge is 0.263 e. The van der Waals surface area contributed by atoms with Crippen LogP contribution in [0.1, 0.15) is 25.3 Å². The van der Waals surface area contributed by atoms with E-state index in [1.807, 2.05) is 23.1 Å². The fourth-order valence-electron chi connectivity index (χ4n) is 3.56. The second-order valence-electron chi connectivity index (χ2n) is 6.86. The predicted octanol–water partition coefficient (Wildman–Crippen LogP) is 3.14. The van der Waals surface area contributed by atoms with E-state index in [2.05, 4.69) is 22.1 Å². The first-order chi connectivity index (χ1) is 13.7. The molecule has 1 amide bonds. The van der Waals surface area contributed by atoms with E-state index in [0.717, 1.165) is 18.6 Å². The summed E-state index contributed by atoms with van der Waals surface area (Å²) in [6.07, 6.45) is 5.30. The van der Waals surface area contributed by atoms with E-state index < -0.39 is 0 Å². The van der Waals surface area contributed by atoms with Gasteiger partial charge in [-0.15, -0.1) is 11.8 Å². The largest absolute Gasteiger partial charge is 0.343 e. The molecule has 0 spiro atoms. The molecule has 6 nitrogen and oxygen atoms in total. The van der Waals surface area contributed by atoms with Crippen molar-refractivity contribution in [2.24, 2.45) is 0 Å². The van der Waals surface area contributed by atoms with Gasteiger partial charge in [0.1, 0.15) is 6.33 Å². The molecular formula is C21H22N4O2S. The van der Waals surface area contributed by atoms with E-state index in [-0.39, 0.29) is 17.5 Å². The molecule has 2 aromatic heterocycles. The van der Waals surface area contributed by atoms with Crippen LogP contribution in [-0.4, -0.2) is 44.2 Å². The molecule has 0 atom stereocenters. The number of thioether (sulfide) groups is 1. The van der Waals surface area contributed by atoms with Crippen LogP contribution in [0.15, 0.2) is 64.7 Å². The average molecular weight is 395 g/mol. The van der Waals surface area contributed by atoms with Crippen LogP contribution in [0.5, 0.6) is 0 Å². The zero-order valence-corrected chi connectivity index (χ0v) is 16.3. The van der Waals surface area contributed by atoms with Crippen molar-refractivity contribution < 1.29 is 4.79 Å². The molecule has 1 saturated heterocycles. The number of nitrogens with zero attached hydrogens (tertiary/aromatic N) is 4. The van der Waals surface area contributed by atoms with Crippen molar-refractivity contribution in [2.45, 2.75) is 30.2 Å². The third kappa shape index (κ3) is 4.09. The van der Waals surface area contributed by atoms with Crippen molar-refractivity contribution in [3.05, 3.63) is 65.3 Å². The number of aromatic nitrogens is 3. The van der Waals surface area contributed by atoms with Crippen molar-refractivity contribution in [2.75, 3.05) is 18.8 Å². The fraction of sp³-hybridized carbons (Fsp3) is 0.333. The summed E-state index contributed by atoms with van der Waals surface area (Å²) in [6.45, 7) is 1.36. The molecule has 0 radical (unpaired) electrons. The number of pyridine rings is 1. The molecule has 144 valence electrons. The summed E-state index contributed by atoms with van der Waals surface area (Å²) in [5, 5.41) is 0.543. The van der Waals surface area contributed by atoms with Gasteiger partial charge in [-0.1, -0.05) is 18.2 Å². The molecule has 1 aliphatic heterocycles. The van der Waals surface area contributed by atoms with Gasteiger partial charge in [0.15, 0.2) is 5.65 Å². The van der Waals surface area contributed by atoms with Gasteiger partial charge >= 0.3 is 0 Å². The fourth-order valence-corrected chi connectivity index (χ4v) is 4.42. The Bertz CT molecular complexity index is 1010. The van der Waals surface area contributed by atoms with Crippen LogP contribution in [0.3, 0.4) is 0 Å². The van der Waals surface area contributed by atoms with Gasteiger partial charge in [0.25, 0.3) is 5.56 Å². The highest BCUT2D eigenvalue weighted by atomic mass is 32.2. The number of carbonyl (C=O) groups excluding carboxylic acids is 1. The Morgan fingerprint density at radius 1 is 1.07 bits per heavy atom. The lowest BCUT2D eigenvalue weighted by atomic mass is 10.0. The standard InChI is InChI=1S/C21H22N4O2S/c26-19(10-14-28-17-5-2-1-3-6-17)24-12-8-16(9-13-24)25-15-23-20-18(21(25)27)7-4-11-22-20/h1-7,11,15-16H,8-10,12-14H2. The zero-order valence-electron chi connectivity index (χ0n) is 15.5. The second kappa shape index (κ2) is 8.56. The van der Waals surface area contributed by atoms with Crippen molar-refractivity contribution in [1.82, 2.24) is 19.4 Å². The molecule has 1 aromatic carbocycles. The lowest BCUT2D eigenvalue weighted by Crippen LogP contribution is -2.41. The van der Waals surface area contributed by atoms with E-state index in [0.29, 0.717) is 30.5 Å². The molecule has 0 bridgehead atoms. The number of piperidine rings is 1. The van der Waals surface area contributed by atoms with Gasteiger partial charge < -0.3 is 4.90 Å². The molecule has 0 aliphatic carbocycles. The summed E-state index contributed by atoms with van der Waals surface area (Å²) in [5.74, 6) is 0.971. The SMILES string of the molecule is O=C(CCSc1ccccc1)N1CCC(n2cnc3ncccc3c2=O)CC1. The first kappa shape index (κ1) is 18.7. The normalized spacial score (nSPS) is 15.1. The first-order valence-corrected chi connectivity index (χ1v) is 10.5. The maximum atomic E-state index is 12.7. The minimum Gasteiger partial charge on any atom is -0.343 e. The van der Waals surface area contributed by atoms with Crippen LogP contribution in [0, 0.1) is 0 Å². The average Bonchev–Trinajstić information content (AvgIpc) is 2.75. The molecule has 0 saturated carbocycles. The quantitative estimate of drug-likeness (QED) is 0.622. The van der Waals surface area contributed by atoms with Gasteiger partial charge in [0, 0.05) is 42.4 Å². The second-order valence-corrected chi connectivity index (χ2v) is 8.02. The number of benzene rings is 1. The summed E-state index contributed by atoms with van der Waals surface area (Å²) >= 11 is 1.71. The number of hydrogen-bond acceptors (Lipinski definition) is 5. The van der Waals surface area contributed by atoms with Gasteiger partial charge in [-0.05, 0) is 37.1 Å². The molecule has 1 fully saturated rings. The summed E-state index contributed by atoms with van der Waals surface area (Å²) < 4.78 is 1.71. The van der Waals surface area contributed by atoms with E-state index in [1.54, 1.807) is 41.0 Å². The number of fused-ring (bicyclic) bond motifs is 1. The molecule has 3 aromatic rings. The lowest BCUT2D eigenvalue weighted by molar-refractivity contribution is -0.132. The maximum absolute atomic E-state index is 12.7. The summed E-state index contributed by atoms with van der Waals surface area (Å²) in [5.41, 5.74) is 0.425. The van der Waals surface area contributed by atoms with Crippen molar-refractivity contribution >= 4 is 28.7 Å². The summed E-state index contributed by atoms with van der Waals surface area (Å²) in [6, 6.07) is 13.7. The van der Waals surface area contributed by atoms with E-state index in [4.69, 9.17) is 0 Å². The van der Waals surface area contributed by atoms with Gasteiger partial charge in [-0.25, -0.2) is 9.97 Å². The third-order valence-corrected chi connectivity index (χ3v) is 6.11. The highest BCUT2D eigenvalue weighted by molar-refractivity contribution is 7.99.